The summed E-state index contributed by atoms with van der Waals surface area (Å²) < 4.78 is 1.02. The fourth-order valence-electron chi connectivity index (χ4n) is 3.80. The summed E-state index contributed by atoms with van der Waals surface area (Å²) in [6.07, 6.45) is 4.95. The molecule has 5 nitrogen and oxygen atoms in total. The minimum atomic E-state index is -0.419. The summed E-state index contributed by atoms with van der Waals surface area (Å²) in [7, 11) is 0. The van der Waals surface area contributed by atoms with Crippen LogP contribution in [0.25, 0.3) is 0 Å². The van der Waals surface area contributed by atoms with Crippen LogP contribution in [-0.2, 0) is 10.2 Å². The first-order chi connectivity index (χ1) is 14.0. The SMILES string of the molecule is CC(NC(=O)C1(c2ccc(Br)cc2)CCC1)c1ccc(NC(=O)NC2CC2)cc1. The summed E-state index contributed by atoms with van der Waals surface area (Å²) in [4.78, 5) is 25.0. The van der Waals surface area contributed by atoms with Gasteiger partial charge in [-0.25, -0.2) is 4.79 Å². The van der Waals surface area contributed by atoms with Crippen LogP contribution in [0.1, 0.15) is 56.2 Å². The second-order valence-corrected chi connectivity index (χ2v) is 9.05. The number of nitrogens with one attached hydrogen (secondary N) is 3. The molecule has 2 saturated carbocycles. The zero-order valence-electron chi connectivity index (χ0n) is 16.5. The summed E-state index contributed by atoms with van der Waals surface area (Å²) in [5, 5.41) is 8.95. The van der Waals surface area contributed by atoms with Crippen molar-refractivity contribution in [1.82, 2.24) is 10.6 Å². The first-order valence-electron chi connectivity index (χ1n) is 10.2. The molecule has 152 valence electrons. The zero-order chi connectivity index (χ0) is 20.4. The Hall–Kier alpha value is -2.34. The number of hydrogen-bond donors (Lipinski definition) is 3. The van der Waals surface area contributed by atoms with Crippen LogP contribution in [0.5, 0.6) is 0 Å². The number of carbonyl (C=O) groups excluding carboxylic acids is 2. The molecule has 0 saturated heterocycles. The molecular formula is C23H26BrN3O2. The molecule has 3 amide bonds. The largest absolute Gasteiger partial charge is 0.349 e. The predicted molar refractivity (Wildman–Crippen MR) is 118 cm³/mol. The summed E-state index contributed by atoms with van der Waals surface area (Å²) in [6.45, 7) is 1.99. The first kappa shape index (κ1) is 20.0. The Morgan fingerprint density at radius 2 is 1.69 bits per heavy atom. The number of rotatable bonds is 6. The lowest BCUT2D eigenvalue weighted by Gasteiger charge is -2.41. The lowest BCUT2D eigenvalue weighted by Crippen LogP contribution is -2.49. The molecule has 6 heteroatoms. The molecule has 3 N–H and O–H groups in total. The van der Waals surface area contributed by atoms with Gasteiger partial charge in [0.1, 0.15) is 0 Å². The number of halogens is 1. The van der Waals surface area contributed by atoms with Gasteiger partial charge in [0.05, 0.1) is 11.5 Å². The van der Waals surface area contributed by atoms with Crippen LogP contribution in [0.2, 0.25) is 0 Å². The van der Waals surface area contributed by atoms with Gasteiger partial charge < -0.3 is 16.0 Å². The molecule has 2 aliphatic carbocycles. The van der Waals surface area contributed by atoms with Crippen molar-refractivity contribution in [3.8, 4) is 0 Å². The number of amides is 3. The standard InChI is InChI=1S/C23H26BrN3O2/c1-15(16-3-9-19(10-4-16)26-22(29)27-20-11-12-20)25-21(28)23(13-2-14-23)17-5-7-18(24)8-6-17/h3-10,15,20H,2,11-14H2,1H3,(H,25,28)(H2,26,27,29). The maximum absolute atomic E-state index is 13.1. The highest BCUT2D eigenvalue weighted by atomic mass is 79.9. The van der Waals surface area contributed by atoms with Crippen molar-refractivity contribution in [2.75, 3.05) is 5.32 Å². The molecule has 0 spiro atoms. The van der Waals surface area contributed by atoms with Gasteiger partial charge in [-0.1, -0.05) is 46.6 Å². The van der Waals surface area contributed by atoms with Crippen LogP contribution < -0.4 is 16.0 Å². The van der Waals surface area contributed by atoms with Gasteiger partial charge in [0.2, 0.25) is 5.91 Å². The maximum Gasteiger partial charge on any atom is 0.319 e. The number of benzene rings is 2. The molecule has 2 aliphatic rings. The molecule has 2 fully saturated rings. The molecule has 0 aromatic heterocycles. The van der Waals surface area contributed by atoms with Gasteiger partial charge in [-0.15, -0.1) is 0 Å². The van der Waals surface area contributed by atoms with Crippen molar-refractivity contribution in [3.05, 3.63) is 64.1 Å². The van der Waals surface area contributed by atoms with E-state index in [0.29, 0.717) is 6.04 Å². The van der Waals surface area contributed by atoms with Gasteiger partial charge in [-0.2, -0.15) is 0 Å². The van der Waals surface area contributed by atoms with Crippen LogP contribution in [0.4, 0.5) is 10.5 Å². The van der Waals surface area contributed by atoms with Crippen LogP contribution in [0.3, 0.4) is 0 Å². The normalized spacial score (nSPS) is 18.3. The van der Waals surface area contributed by atoms with Crippen LogP contribution in [0, 0.1) is 0 Å². The van der Waals surface area contributed by atoms with Crippen LogP contribution in [-0.4, -0.2) is 18.0 Å². The molecule has 0 bridgehead atoms. The van der Waals surface area contributed by atoms with E-state index in [1.165, 1.54) is 0 Å². The van der Waals surface area contributed by atoms with Crippen molar-refractivity contribution in [1.29, 1.82) is 0 Å². The minimum absolute atomic E-state index is 0.0876. The van der Waals surface area contributed by atoms with Gasteiger partial charge >= 0.3 is 6.03 Å². The fraction of sp³-hybridized carbons (Fsp3) is 0.391. The molecule has 2 aromatic carbocycles. The van der Waals surface area contributed by atoms with Crippen molar-refractivity contribution in [3.63, 3.8) is 0 Å². The Morgan fingerprint density at radius 1 is 1.03 bits per heavy atom. The molecule has 0 radical (unpaired) electrons. The van der Waals surface area contributed by atoms with Crippen LogP contribution >= 0.6 is 15.9 Å². The van der Waals surface area contributed by atoms with E-state index in [-0.39, 0.29) is 18.0 Å². The molecule has 0 aliphatic heterocycles. The molecule has 1 unspecified atom stereocenters. The Kier molecular flexibility index (Phi) is 5.63. The first-order valence-corrected chi connectivity index (χ1v) is 11.0. The van der Waals surface area contributed by atoms with Gasteiger partial charge in [0, 0.05) is 16.2 Å². The molecule has 4 rings (SSSR count). The molecule has 2 aromatic rings. The molecule has 1 atom stereocenters. The molecule has 29 heavy (non-hydrogen) atoms. The van der Waals surface area contributed by atoms with E-state index in [4.69, 9.17) is 0 Å². The van der Waals surface area contributed by atoms with Crippen molar-refractivity contribution >= 4 is 33.6 Å². The van der Waals surface area contributed by atoms with Crippen molar-refractivity contribution in [2.24, 2.45) is 0 Å². The monoisotopic (exact) mass is 455 g/mol. The van der Waals surface area contributed by atoms with E-state index in [1.54, 1.807) is 0 Å². The van der Waals surface area contributed by atoms with Crippen molar-refractivity contribution < 1.29 is 9.59 Å². The number of urea groups is 1. The van der Waals surface area contributed by atoms with Gasteiger partial charge in [-0.05, 0) is 68.0 Å². The highest BCUT2D eigenvalue weighted by Crippen LogP contribution is 2.44. The third-order valence-corrected chi connectivity index (χ3v) is 6.50. The van der Waals surface area contributed by atoms with Crippen LogP contribution in [0.15, 0.2) is 53.0 Å². The Bertz CT molecular complexity index is 887. The fourth-order valence-corrected chi connectivity index (χ4v) is 4.06. The second kappa shape index (κ2) is 8.19. The van der Waals surface area contributed by atoms with E-state index in [9.17, 15) is 9.59 Å². The third-order valence-electron chi connectivity index (χ3n) is 5.97. The summed E-state index contributed by atoms with van der Waals surface area (Å²) in [6, 6.07) is 15.8. The Balaban J connectivity index is 1.38. The average Bonchev–Trinajstić information content (AvgIpc) is 3.46. The zero-order valence-corrected chi connectivity index (χ0v) is 18.1. The third kappa shape index (κ3) is 4.47. The lowest BCUT2D eigenvalue weighted by atomic mass is 9.63. The Labute approximate surface area is 179 Å². The van der Waals surface area contributed by atoms with E-state index >= 15 is 0 Å². The maximum atomic E-state index is 13.1. The summed E-state index contributed by atoms with van der Waals surface area (Å²) in [5.74, 6) is 0.0876. The summed E-state index contributed by atoms with van der Waals surface area (Å²) in [5.41, 5.74) is 2.42. The highest BCUT2D eigenvalue weighted by Gasteiger charge is 2.45. The van der Waals surface area contributed by atoms with E-state index < -0.39 is 5.41 Å². The highest BCUT2D eigenvalue weighted by molar-refractivity contribution is 9.10. The van der Waals surface area contributed by atoms with Crippen molar-refractivity contribution in [2.45, 2.75) is 56.5 Å². The van der Waals surface area contributed by atoms with E-state index in [2.05, 4.69) is 31.9 Å². The van der Waals surface area contributed by atoms with Gasteiger partial charge in [0.25, 0.3) is 0 Å². The predicted octanol–water partition coefficient (Wildman–Crippen LogP) is 5.03. The number of carbonyl (C=O) groups is 2. The topological polar surface area (TPSA) is 70.2 Å². The second-order valence-electron chi connectivity index (χ2n) is 8.13. The molecular weight excluding hydrogens is 430 g/mol. The average molecular weight is 456 g/mol. The van der Waals surface area contributed by atoms with Gasteiger partial charge in [-0.3, -0.25) is 4.79 Å². The quantitative estimate of drug-likeness (QED) is 0.571. The number of anilines is 1. The lowest BCUT2D eigenvalue weighted by molar-refractivity contribution is -0.130. The Morgan fingerprint density at radius 3 is 2.24 bits per heavy atom. The number of hydrogen-bond acceptors (Lipinski definition) is 2. The van der Waals surface area contributed by atoms with E-state index in [1.807, 2.05) is 55.5 Å². The minimum Gasteiger partial charge on any atom is -0.349 e. The van der Waals surface area contributed by atoms with Gasteiger partial charge in [0.15, 0.2) is 0 Å². The smallest absolute Gasteiger partial charge is 0.319 e. The van der Waals surface area contributed by atoms with E-state index in [0.717, 1.165) is 53.4 Å². The molecule has 0 heterocycles. The summed E-state index contributed by atoms with van der Waals surface area (Å²) >= 11 is 3.46.